The van der Waals surface area contributed by atoms with Crippen LogP contribution < -0.4 is 5.73 Å². The number of anilines is 1. The van der Waals surface area contributed by atoms with E-state index >= 15 is 0 Å². The highest BCUT2D eigenvalue weighted by Gasteiger charge is 2.22. The van der Waals surface area contributed by atoms with Gasteiger partial charge >= 0.3 is 0 Å². The van der Waals surface area contributed by atoms with Gasteiger partial charge in [0.05, 0.1) is 0 Å². The number of carbonyl (C=O) groups is 1. The first kappa shape index (κ1) is 10.7. The van der Waals surface area contributed by atoms with Crippen molar-refractivity contribution in [3.05, 3.63) is 28.2 Å². The van der Waals surface area contributed by atoms with Crippen molar-refractivity contribution >= 4 is 27.4 Å². The normalized spacial score (nSPS) is 15.3. The van der Waals surface area contributed by atoms with E-state index < -0.39 is 0 Å². The summed E-state index contributed by atoms with van der Waals surface area (Å²) in [6.07, 6.45) is 4.23. The van der Waals surface area contributed by atoms with Gasteiger partial charge in [0, 0.05) is 22.1 Å². The summed E-state index contributed by atoms with van der Waals surface area (Å²) in [5, 5.41) is 0. The molecule has 0 unspecified atom stereocenters. The Morgan fingerprint density at radius 2 is 2.20 bits per heavy atom. The highest BCUT2D eigenvalue weighted by atomic mass is 79.9. The summed E-state index contributed by atoms with van der Waals surface area (Å²) in [5.74, 6) is 0.961. The van der Waals surface area contributed by atoms with E-state index in [9.17, 15) is 4.79 Å². The highest BCUT2D eigenvalue weighted by Crippen LogP contribution is 2.34. The fourth-order valence-electron chi connectivity index (χ4n) is 1.65. The van der Waals surface area contributed by atoms with Crippen molar-refractivity contribution in [2.24, 2.45) is 5.92 Å². The van der Waals surface area contributed by atoms with E-state index in [1.807, 2.05) is 12.1 Å². The molecule has 0 atom stereocenters. The van der Waals surface area contributed by atoms with E-state index in [4.69, 9.17) is 5.73 Å². The van der Waals surface area contributed by atoms with Crippen LogP contribution in [0.5, 0.6) is 0 Å². The van der Waals surface area contributed by atoms with Crippen molar-refractivity contribution < 1.29 is 4.79 Å². The van der Waals surface area contributed by atoms with Gasteiger partial charge in [-0.3, -0.25) is 4.79 Å². The molecule has 0 radical (unpaired) electrons. The minimum absolute atomic E-state index is 0.167. The van der Waals surface area contributed by atoms with Crippen molar-refractivity contribution in [1.82, 2.24) is 0 Å². The van der Waals surface area contributed by atoms with Crippen LogP contribution in [0.4, 0.5) is 5.69 Å². The fraction of sp³-hybridized carbons (Fsp3) is 0.417. The van der Waals surface area contributed by atoms with Crippen LogP contribution in [0, 0.1) is 5.92 Å². The lowest BCUT2D eigenvalue weighted by molar-refractivity contribution is 0.0979. The zero-order chi connectivity index (χ0) is 10.8. The van der Waals surface area contributed by atoms with E-state index in [1.54, 1.807) is 6.07 Å². The van der Waals surface area contributed by atoms with Gasteiger partial charge in [0.2, 0.25) is 0 Å². The first-order chi connectivity index (χ1) is 7.16. The number of benzene rings is 1. The van der Waals surface area contributed by atoms with E-state index in [0.717, 1.165) is 16.8 Å². The van der Waals surface area contributed by atoms with Gasteiger partial charge in [-0.1, -0.05) is 28.8 Å². The van der Waals surface area contributed by atoms with Crippen molar-refractivity contribution in [3.63, 3.8) is 0 Å². The molecule has 2 rings (SSSR count). The molecule has 0 aliphatic heterocycles. The molecular formula is C12H14BrNO. The molecule has 3 heteroatoms. The van der Waals surface area contributed by atoms with Gasteiger partial charge in [-0.05, 0) is 30.5 Å². The third-order valence-corrected chi connectivity index (χ3v) is 3.29. The molecule has 1 aromatic carbocycles. The van der Waals surface area contributed by atoms with Gasteiger partial charge < -0.3 is 5.73 Å². The molecule has 0 bridgehead atoms. The molecular weight excluding hydrogens is 254 g/mol. The van der Waals surface area contributed by atoms with Crippen LogP contribution in [0.3, 0.4) is 0 Å². The van der Waals surface area contributed by atoms with E-state index in [2.05, 4.69) is 15.9 Å². The minimum atomic E-state index is 0.167. The van der Waals surface area contributed by atoms with Gasteiger partial charge in [0.25, 0.3) is 0 Å². The zero-order valence-electron chi connectivity index (χ0n) is 8.50. The molecule has 0 heterocycles. The third-order valence-electron chi connectivity index (χ3n) is 2.79. The summed E-state index contributed by atoms with van der Waals surface area (Å²) >= 11 is 3.35. The molecule has 1 aliphatic rings. The standard InChI is InChI=1S/C12H14BrNO/c13-9-4-5-11(14)10(7-9)12(15)6-3-8-1-2-8/h4-5,7-8H,1-3,6,14H2. The number of Topliss-reactive ketones (excluding diaryl/α,β-unsaturated/α-hetero) is 1. The second kappa shape index (κ2) is 4.35. The van der Waals surface area contributed by atoms with Crippen molar-refractivity contribution in [2.45, 2.75) is 25.7 Å². The van der Waals surface area contributed by atoms with Crippen molar-refractivity contribution in [1.29, 1.82) is 0 Å². The predicted molar refractivity (Wildman–Crippen MR) is 64.8 cm³/mol. The Balaban J connectivity index is 2.05. The van der Waals surface area contributed by atoms with Gasteiger partial charge in [0.15, 0.2) is 5.78 Å². The van der Waals surface area contributed by atoms with Crippen LogP contribution in [-0.2, 0) is 0 Å². The zero-order valence-corrected chi connectivity index (χ0v) is 10.1. The lowest BCUT2D eigenvalue weighted by atomic mass is 10.0. The van der Waals surface area contributed by atoms with E-state index in [1.165, 1.54) is 12.8 Å². The third kappa shape index (κ3) is 2.81. The van der Waals surface area contributed by atoms with Gasteiger partial charge in [0.1, 0.15) is 0 Å². The van der Waals surface area contributed by atoms with Gasteiger partial charge in [-0.25, -0.2) is 0 Å². The Kier molecular flexibility index (Phi) is 3.10. The van der Waals surface area contributed by atoms with Crippen LogP contribution in [-0.4, -0.2) is 5.78 Å². The Morgan fingerprint density at radius 1 is 1.47 bits per heavy atom. The highest BCUT2D eigenvalue weighted by molar-refractivity contribution is 9.10. The van der Waals surface area contributed by atoms with E-state index in [0.29, 0.717) is 17.7 Å². The summed E-state index contributed by atoms with van der Waals surface area (Å²) < 4.78 is 0.909. The number of halogens is 1. The largest absolute Gasteiger partial charge is 0.398 e. The molecule has 0 saturated heterocycles. The maximum atomic E-state index is 11.8. The number of rotatable bonds is 4. The molecule has 2 N–H and O–H groups in total. The summed E-state index contributed by atoms with van der Waals surface area (Å²) in [6, 6.07) is 5.44. The average molecular weight is 268 g/mol. The first-order valence-electron chi connectivity index (χ1n) is 5.25. The molecule has 1 fully saturated rings. The summed E-state index contributed by atoms with van der Waals surface area (Å²) in [6.45, 7) is 0. The number of hydrogen-bond donors (Lipinski definition) is 1. The summed E-state index contributed by atoms with van der Waals surface area (Å²) in [4.78, 5) is 11.8. The van der Waals surface area contributed by atoms with Crippen LogP contribution in [0.15, 0.2) is 22.7 Å². The Bertz CT molecular complexity index is 385. The summed E-state index contributed by atoms with van der Waals surface area (Å²) in [7, 11) is 0. The van der Waals surface area contributed by atoms with Crippen molar-refractivity contribution in [2.75, 3.05) is 5.73 Å². The maximum Gasteiger partial charge on any atom is 0.164 e. The van der Waals surface area contributed by atoms with Gasteiger partial charge in [-0.2, -0.15) is 0 Å². The molecule has 0 aromatic heterocycles. The average Bonchev–Trinajstić information content (AvgIpc) is 3.02. The molecule has 1 aromatic rings. The number of nitrogen functional groups attached to an aromatic ring is 1. The lowest BCUT2D eigenvalue weighted by Crippen LogP contribution is -2.04. The fourth-order valence-corrected chi connectivity index (χ4v) is 2.01. The molecule has 80 valence electrons. The van der Waals surface area contributed by atoms with Crippen LogP contribution in [0.25, 0.3) is 0 Å². The summed E-state index contributed by atoms with van der Waals surface area (Å²) in [5.41, 5.74) is 7.01. The molecule has 15 heavy (non-hydrogen) atoms. The quantitative estimate of drug-likeness (QED) is 0.671. The second-order valence-corrected chi connectivity index (χ2v) is 5.05. The predicted octanol–water partition coefficient (Wildman–Crippen LogP) is 3.40. The number of ketones is 1. The molecule has 1 saturated carbocycles. The monoisotopic (exact) mass is 267 g/mol. The Hall–Kier alpha value is -0.830. The molecule has 1 aliphatic carbocycles. The molecule has 0 spiro atoms. The van der Waals surface area contributed by atoms with Crippen LogP contribution in [0.1, 0.15) is 36.0 Å². The van der Waals surface area contributed by atoms with Crippen LogP contribution in [0.2, 0.25) is 0 Å². The first-order valence-corrected chi connectivity index (χ1v) is 6.04. The van der Waals surface area contributed by atoms with E-state index in [-0.39, 0.29) is 5.78 Å². The number of hydrogen-bond acceptors (Lipinski definition) is 2. The second-order valence-electron chi connectivity index (χ2n) is 4.14. The maximum absolute atomic E-state index is 11.8. The molecule has 0 amide bonds. The number of nitrogens with two attached hydrogens (primary N) is 1. The van der Waals surface area contributed by atoms with Crippen molar-refractivity contribution in [3.8, 4) is 0 Å². The SMILES string of the molecule is Nc1ccc(Br)cc1C(=O)CCC1CC1. The van der Waals surface area contributed by atoms with Gasteiger partial charge in [-0.15, -0.1) is 0 Å². The minimum Gasteiger partial charge on any atom is -0.398 e. The molecule has 2 nitrogen and oxygen atoms in total. The van der Waals surface area contributed by atoms with Crippen LogP contribution >= 0.6 is 15.9 Å². The Morgan fingerprint density at radius 3 is 2.87 bits per heavy atom. The Labute approximate surface area is 98.0 Å². The smallest absolute Gasteiger partial charge is 0.164 e. The topological polar surface area (TPSA) is 43.1 Å². The lowest BCUT2D eigenvalue weighted by Gasteiger charge is -2.04. The number of carbonyl (C=O) groups excluding carboxylic acids is 1.